The summed E-state index contributed by atoms with van der Waals surface area (Å²) < 4.78 is 31.0. The molecule has 2 saturated carbocycles. The molecule has 0 aromatic heterocycles. The third kappa shape index (κ3) is 7.66. The van der Waals surface area contributed by atoms with Gasteiger partial charge in [0.1, 0.15) is 5.78 Å². The molecule has 0 aliphatic heterocycles. The maximum absolute atomic E-state index is 11.9. The summed E-state index contributed by atoms with van der Waals surface area (Å²) in [5.74, 6) is -0.101. The monoisotopic (exact) mass is 663 g/mol. The lowest BCUT2D eigenvalue weighted by atomic mass is 9.70. The number of hydrogen-bond donors (Lipinski definition) is 1. The number of carbonyl (C=O) groups excluding carboxylic acids is 1. The molecule has 4 nitrogen and oxygen atoms in total. The minimum Gasteiger partial charge on any atom is -0.299 e. The Kier molecular flexibility index (Phi) is 9.94. The number of rotatable bonds is 5. The molecule has 5 rings (SSSR count). The summed E-state index contributed by atoms with van der Waals surface area (Å²) in [7, 11) is -4.20. The summed E-state index contributed by atoms with van der Waals surface area (Å²) >= 11 is 0. The van der Waals surface area contributed by atoms with E-state index in [1.54, 1.807) is 0 Å². The smallest absolute Gasteiger partial charge is 0.265 e. The molecule has 2 aliphatic rings. The number of fused-ring (bicyclic) bond motifs is 2. The van der Waals surface area contributed by atoms with E-state index in [0.717, 1.165) is 6.42 Å². The van der Waals surface area contributed by atoms with E-state index in [1.165, 1.54) is 31.4 Å². The van der Waals surface area contributed by atoms with Crippen LogP contribution in [0.3, 0.4) is 0 Å². The third-order valence-corrected chi connectivity index (χ3v) is 13.5. The Morgan fingerprint density at radius 2 is 1.00 bits per heavy atom. The Morgan fingerprint density at radius 1 is 0.674 bits per heavy atom. The highest BCUT2D eigenvalue weighted by atomic mass is 32.2. The van der Waals surface area contributed by atoms with Crippen LogP contribution in [-0.4, -0.2) is 24.5 Å². The molecule has 2 bridgehead atoms. The summed E-state index contributed by atoms with van der Waals surface area (Å²) in [5.41, 5.74) is 3.52. The lowest BCUT2D eigenvalue weighted by molar-refractivity contribution is -0.128. The average molecular weight is 664 g/mol. The van der Waals surface area contributed by atoms with Crippen molar-refractivity contribution in [1.82, 2.24) is 0 Å². The lowest BCUT2D eigenvalue weighted by Crippen LogP contribution is -2.42. The quantitative estimate of drug-likeness (QED) is 0.218. The highest BCUT2D eigenvalue weighted by molar-refractivity contribution is 7.97. The van der Waals surface area contributed by atoms with Crippen molar-refractivity contribution in [3.05, 3.63) is 89.5 Å². The molecule has 250 valence electrons. The van der Waals surface area contributed by atoms with Crippen LogP contribution in [0, 0.1) is 16.7 Å². The van der Waals surface area contributed by atoms with Gasteiger partial charge in [0.25, 0.3) is 10.1 Å². The Labute approximate surface area is 281 Å². The second kappa shape index (κ2) is 12.6. The van der Waals surface area contributed by atoms with Gasteiger partial charge in [-0.1, -0.05) is 113 Å². The van der Waals surface area contributed by atoms with Crippen molar-refractivity contribution < 1.29 is 17.8 Å². The van der Waals surface area contributed by atoms with E-state index in [-0.39, 0.29) is 44.3 Å². The van der Waals surface area contributed by atoms with E-state index in [2.05, 4.69) is 135 Å². The van der Waals surface area contributed by atoms with E-state index < -0.39 is 21.3 Å². The normalized spacial score (nSPS) is 21.3. The zero-order valence-corrected chi connectivity index (χ0v) is 31.5. The molecule has 0 amide bonds. The van der Waals surface area contributed by atoms with Crippen LogP contribution in [0.15, 0.2) is 87.5 Å². The van der Waals surface area contributed by atoms with Gasteiger partial charge >= 0.3 is 0 Å². The summed E-state index contributed by atoms with van der Waals surface area (Å²) in [6.07, 6.45) is 1.97. The third-order valence-electron chi connectivity index (χ3n) is 10.4. The standard InChI is InChI=1S/C30H39S.C10H16O4S/c1-28(2,3)22-10-16-25(17-11-22)31(26-18-12-23(13-19-26)29(4,5)6)27-20-14-24(15-21-27)30(7,8)9;1-9(2)7-3-4-10(9,8(11)5-7)6-15(12,13)14/h10-21H,1-9H3;7H,3-6H2,1-2H3,(H,12,13,14)/q+1;. The molecule has 0 heterocycles. The maximum atomic E-state index is 11.9. The van der Waals surface area contributed by atoms with Gasteiger partial charge in [-0.2, -0.15) is 8.42 Å². The van der Waals surface area contributed by atoms with Crippen LogP contribution >= 0.6 is 0 Å². The second-order valence-corrected chi connectivity index (χ2v) is 20.5. The zero-order valence-electron chi connectivity index (χ0n) is 29.8. The van der Waals surface area contributed by atoms with Gasteiger partial charge in [-0.25, -0.2) is 0 Å². The first-order chi connectivity index (χ1) is 21.0. The first-order valence-electron chi connectivity index (χ1n) is 16.5. The van der Waals surface area contributed by atoms with Gasteiger partial charge in [0, 0.05) is 6.42 Å². The minimum absolute atomic E-state index is 0.0152. The van der Waals surface area contributed by atoms with E-state index >= 15 is 0 Å². The molecule has 3 aromatic carbocycles. The van der Waals surface area contributed by atoms with Gasteiger partial charge in [-0.3, -0.25) is 9.35 Å². The van der Waals surface area contributed by atoms with Crippen LogP contribution in [0.1, 0.15) is 112 Å². The molecule has 2 atom stereocenters. The minimum atomic E-state index is -4.08. The van der Waals surface area contributed by atoms with Gasteiger partial charge in [0.05, 0.1) is 22.1 Å². The highest BCUT2D eigenvalue weighted by Gasteiger charge is 2.65. The number of benzene rings is 3. The van der Waals surface area contributed by atoms with Crippen LogP contribution in [-0.2, 0) is 42.1 Å². The molecule has 0 saturated heterocycles. The molecule has 6 heteroatoms. The molecule has 46 heavy (non-hydrogen) atoms. The average Bonchev–Trinajstić information content (AvgIpc) is 3.26. The molecule has 2 fully saturated rings. The molecule has 0 spiro atoms. The maximum Gasteiger partial charge on any atom is 0.265 e. The fourth-order valence-corrected chi connectivity index (χ4v) is 10.4. The summed E-state index contributed by atoms with van der Waals surface area (Å²) in [6.45, 7) is 24.4. The molecule has 2 unspecified atom stereocenters. The fraction of sp³-hybridized carbons (Fsp3) is 0.525. The molecular weight excluding hydrogens is 609 g/mol. The Morgan fingerprint density at radius 3 is 1.22 bits per heavy atom. The Bertz CT molecular complexity index is 1490. The van der Waals surface area contributed by atoms with Gasteiger partial charge in [-0.05, 0) is 93.5 Å². The van der Waals surface area contributed by atoms with Crippen LogP contribution in [0.2, 0.25) is 0 Å². The number of ketones is 1. The van der Waals surface area contributed by atoms with Crippen molar-refractivity contribution in [2.75, 3.05) is 5.75 Å². The predicted octanol–water partition coefficient (Wildman–Crippen LogP) is 9.94. The zero-order chi connectivity index (χ0) is 34.5. The molecular formula is C40H55O4S2+. The molecule has 1 N–H and O–H groups in total. The van der Waals surface area contributed by atoms with E-state index in [4.69, 9.17) is 4.55 Å². The lowest BCUT2D eigenvalue weighted by Gasteiger charge is -2.35. The Hall–Kier alpha value is -2.41. The molecule has 0 radical (unpaired) electrons. The van der Waals surface area contributed by atoms with Crippen molar-refractivity contribution in [3.63, 3.8) is 0 Å². The largest absolute Gasteiger partial charge is 0.299 e. The van der Waals surface area contributed by atoms with Gasteiger partial charge in [0.15, 0.2) is 14.7 Å². The van der Waals surface area contributed by atoms with Crippen molar-refractivity contribution in [2.24, 2.45) is 16.7 Å². The van der Waals surface area contributed by atoms with Crippen molar-refractivity contribution in [3.8, 4) is 0 Å². The first kappa shape index (κ1) is 36.4. The number of Topliss-reactive ketones (excluding diaryl/α,β-unsaturated/α-hetero) is 1. The van der Waals surface area contributed by atoms with Crippen molar-refractivity contribution >= 4 is 26.8 Å². The van der Waals surface area contributed by atoms with E-state index in [1.807, 2.05) is 13.8 Å². The number of hydrogen-bond acceptors (Lipinski definition) is 3. The van der Waals surface area contributed by atoms with Gasteiger partial charge in [-0.15, -0.1) is 0 Å². The molecule has 2 aliphatic carbocycles. The van der Waals surface area contributed by atoms with Crippen LogP contribution in [0.5, 0.6) is 0 Å². The number of carbonyl (C=O) groups is 1. The van der Waals surface area contributed by atoms with E-state index in [0.29, 0.717) is 12.8 Å². The van der Waals surface area contributed by atoms with Crippen LogP contribution in [0.4, 0.5) is 0 Å². The van der Waals surface area contributed by atoms with Crippen molar-refractivity contribution in [2.45, 2.75) is 126 Å². The highest BCUT2D eigenvalue weighted by Crippen LogP contribution is 2.64. The first-order valence-corrected chi connectivity index (χ1v) is 19.3. The van der Waals surface area contributed by atoms with Gasteiger partial charge in [0.2, 0.25) is 0 Å². The summed E-state index contributed by atoms with van der Waals surface area (Å²) in [5, 5.41) is 0. The SMILES string of the molecule is CC(C)(C)c1ccc([S+](c2ccc(C(C)(C)C)cc2)c2ccc(C(C)(C)C)cc2)cc1.CC1(C)C2CCC1(CS(=O)(=O)O)C(=O)C2. The van der Waals surface area contributed by atoms with Crippen molar-refractivity contribution in [1.29, 1.82) is 0 Å². The fourth-order valence-electron chi connectivity index (χ4n) is 7.10. The summed E-state index contributed by atoms with van der Waals surface area (Å²) in [6, 6.07) is 27.8. The molecule has 3 aromatic rings. The van der Waals surface area contributed by atoms with Gasteiger partial charge < -0.3 is 0 Å². The van der Waals surface area contributed by atoms with E-state index in [9.17, 15) is 13.2 Å². The Balaban J connectivity index is 0.000000266. The van der Waals surface area contributed by atoms with Crippen LogP contribution < -0.4 is 0 Å². The topological polar surface area (TPSA) is 71.4 Å². The summed E-state index contributed by atoms with van der Waals surface area (Å²) in [4.78, 5) is 16.0. The second-order valence-electron chi connectivity index (χ2n) is 17.0. The predicted molar refractivity (Wildman–Crippen MR) is 193 cm³/mol. The van der Waals surface area contributed by atoms with Crippen LogP contribution in [0.25, 0.3) is 0 Å².